The lowest BCUT2D eigenvalue weighted by Crippen LogP contribution is -2.06. The maximum Gasteiger partial charge on any atom is 0.331 e. The van der Waals surface area contributed by atoms with Crippen LogP contribution in [0.5, 0.6) is 0 Å². The van der Waals surface area contributed by atoms with Crippen LogP contribution in [0.15, 0.2) is 34.9 Å². The number of carbonyl (C=O) groups is 1. The van der Waals surface area contributed by atoms with Gasteiger partial charge in [-0.2, -0.15) is 4.98 Å². The Morgan fingerprint density at radius 3 is 2.91 bits per heavy atom. The Morgan fingerprint density at radius 2 is 2.27 bits per heavy atom. The molecule has 1 atom stereocenters. The van der Waals surface area contributed by atoms with Gasteiger partial charge in [0, 0.05) is 18.2 Å². The first kappa shape index (κ1) is 15.4. The van der Waals surface area contributed by atoms with Gasteiger partial charge in [-0.1, -0.05) is 17.3 Å². The fraction of sp³-hybridized carbons (Fsp3) is 0.214. The Balaban J connectivity index is 1.99. The Bertz CT molecular complexity index is 723. The minimum atomic E-state index is -0.677. The normalized spacial score (nSPS) is 12.3. The van der Waals surface area contributed by atoms with Crippen LogP contribution in [0.1, 0.15) is 30.3 Å². The topological polar surface area (TPSA) is 108 Å². The number of non-ortho nitro benzene ring substituents is 1. The number of hydrogen-bond acceptors (Lipinski definition) is 7. The van der Waals surface area contributed by atoms with E-state index in [4.69, 9.17) is 9.26 Å². The fourth-order valence-electron chi connectivity index (χ4n) is 1.65. The zero-order chi connectivity index (χ0) is 16.1. The second-order valence-electron chi connectivity index (χ2n) is 4.44. The van der Waals surface area contributed by atoms with Gasteiger partial charge in [-0.25, -0.2) is 4.79 Å². The summed E-state index contributed by atoms with van der Waals surface area (Å²) in [6.07, 6.45) is 1.93. The van der Waals surface area contributed by atoms with Gasteiger partial charge >= 0.3 is 5.97 Å². The number of benzene rings is 1. The summed E-state index contributed by atoms with van der Waals surface area (Å²) in [4.78, 5) is 25.8. The Labute approximate surface area is 125 Å². The van der Waals surface area contributed by atoms with Crippen LogP contribution >= 0.6 is 0 Å². The molecule has 2 rings (SSSR count). The summed E-state index contributed by atoms with van der Waals surface area (Å²) in [5, 5.41) is 14.3. The number of nitro groups is 1. The van der Waals surface area contributed by atoms with Crippen molar-refractivity contribution in [3.05, 3.63) is 57.7 Å². The van der Waals surface area contributed by atoms with Crippen LogP contribution in [-0.4, -0.2) is 21.0 Å². The average molecular weight is 303 g/mol. The predicted molar refractivity (Wildman–Crippen MR) is 75.7 cm³/mol. The van der Waals surface area contributed by atoms with Crippen LogP contribution < -0.4 is 0 Å². The predicted octanol–water partition coefficient (Wildman–Crippen LogP) is 2.60. The summed E-state index contributed by atoms with van der Waals surface area (Å²) in [5.74, 6) is 0.0366. The largest absolute Gasteiger partial charge is 0.449 e. The number of rotatable bonds is 5. The van der Waals surface area contributed by atoms with E-state index in [1.165, 1.54) is 30.4 Å². The summed E-state index contributed by atoms with van der Waals surface area (Å²) in [6, 6.07) is 5.90. The van der Waals surface area contributed by atoms with E-state index in [-0.39, 0.29) is 11.6 Å². The number of nitro benzene ring substituents is 1. The van der Waals surface area contributed by atoms with Crippen molar-refractivity contribution < 1.29 is 19.0 Å². The van der Waals surface area contributed by atoms with Crippen LogP contribution in [0.4, 0.5) is 5.69 Å². The maximum atomic E-state index is 11.7. The first-order valence-electron chi connectivity index (χ1n) is 6.39. The van der Waals surface area contributed by atoms with Crippen LogP contribution in [0.2, 0.25) is 0 Å². The Kier molecular flexibility index (Phi) is 4.62. The number of aryl methyl sites for hydroxylation is 1. The van der Waals surface area contributed by atoms with Crippen LogP contribution in [-0.2, 0) is 9.53 Å². The molecular formula is C14H13N3O5. The van der Waals surface area contributed by atoms with Crippen molar-refractivity contribution in [1.82, 2.24) is 10.1 Å². The van der Waals surface area contributed by atoms with Crippen LogP contribution in [0.25, 0.3) is 6.08 Å². The van der Waals surface area contributed by atoms with Gasteiger partial charge in [0.2, 0.25) is 0 Å². The summed E-state index contributed by atoms with van der Waals surface area (Å²) in [6.45, 7) is 3.26. The van der Waals surface area contributed by atoms with Gasteiger partial charge in [0.15, 0.2) is 11.9 Å². The lowest BCUT2D eigenvalue weighted by atomic mass is 10.2. The molecule has 0 N–H and O–H groups in total. The standard InChI is InChI=1S/C14H13N3O5/c1-9(14-15-10(2)16-22-14)21-13(18)7-6-11-4-3-5-12(8-11)17(19)20/h3-9H,1-2H3/b7-6+. The van der Waals surface area contributed by atoms with Crippen molar-refractivity contribution >= 4 is 17.7 Å². The summed E-state index contributed by atoms with van der Waals surface area (Å²) < 4.78 is 9.99. The minimum absolute atomic E-state index is 0.0507. The molecule has 1 heterocycles. The van der Waals surface area contributed by atoms with Gasteiger partial charge in [-0.3, -0.25) is 10.1 Å². The molecule has 0 fully saturated rings. The molecule has 0 saturated carbocycles. The molecule has 1 aromatic heterocycles. The molecular weight excluding hydrogens is 290 g/mol. The molecule has 114 valence electrons. The number of carbonyl (C=O) groups excluding carboxylic acids is 1. The molecule has 0 aliphatic heterocycles. The smallest absolute Gasteiger partial charge is 0.331 e. The minimum Gasteiger partial charge on any atom is -0.449 e. The van der Waals surface area contributed by atoms with Gasteiger partial charge in [0.25, 0.3) is 11.6 Å². The quantitative estimate of drug-likeness (QED) is 0.361. The highest BCUT2D eigenvalue weighted by Crippen LogP contribution is 2.16. The van der Waals surface area contributed by atoms with Gasteiger partial charge in [-0.15, -0.1) is 0 Å². The number of aromatic nitrogens is 2. The zero-order valence-electron chi connectivity index (χ0n) is 11.9. The number of ether oxygens (including phenoxy) is 1. The average Bonchev–Trinajstić information content (AvgIpc) is 2.92. The molecule has 22 heavy (non-hydrogen) atoms. The van der Waals surface area contributed by atoms with E-state index in [0.29, 0.717) is 11.4 Å². The number of nitrogens with zero attached hydrogens (tertiary/aromatic N) is 3. The van der Waals surface area contributed by atoms with E-state index < -0.39 is 17.0 Å². The lowest BCUT2D eigenvalue weighted by Gasteiger charge is -2.06. The van der Waals surface area contributed by atoms with E-state index in [1.807, 2.05) is 0 Å². The Hall–Kier alpha value is -3.03. The third-order valence-electron chi connectivity index (χ3n) is 2.68. The van der Waals surface area contributed by atoms with Gasteiger partial charge in [0.1, 0.15) is 0 Å². The molecule has 8 nitrogen and oxygen atoms in total. The van der Waals surface area contributed by atoms with Crippen molar-refractivity contribution in [3.8, 4) is 0 Å². The molecule has 0 saturated heterocycles. The van der Waals surface area contributed by atoms with Crippen molar-refractivity contribution in [3.63, 3.8) is 0 Å². The van der Waals surface area contributed by atoms with Gasteiger partial charge in [0.05, 0.1) is 4.92 Å². The van der Waals surface area contributed by atoms with Gasteiger partial charge < -0.3 is 9.26 Å². The lowest BCUT2D eigenvalue weighted by molar-refractivity contribution is -0.384. The van der Waals surface area contributed by atoms with E-state index in [0.717, 1.165) is 0 Å². The van der Waals surface area contributed by atoms with E-state index in [2.05, 4.69) is 10.1 Å². The Morgan fingerprint density at radius 1 is 1.50 bits per heavy atom. The highest BCUT2D eigenvalue weighted by atomic mass is 16.6. The number of hydrogen-bond donors (Lipinski definition) is 0. The van der Waals surface area contributed by atoms with E-state index >= 15 is 0 Å². The van der Waals surface area contributed by atoms with Crippen LogP contribution in [0.3, 0.4) is 0 Å². The fourth-order valence-corrected chi connectivity index (χ4v) is 1.65. The molecule has 8 heteroatoms. The van der Waals surface area contributed by atoms with Crippen molar-refractivity contribution in [2.24, 2.45) is 0 Å². The monoisotopic (exact) mass is 303 g/mol. The molecule has 0 aliphatic carbocycles. The second kappa shape index (κ2) is 6.61. The third-order valence-corrected chi connectivity index (χ3v) is 2.68. The number of esters is 1. The molecule has 0 amide bonds. The highest BCUT2D eigenvalue weighted by molar-refractivity contribution is 5.87. The molecule has 0 bridgehead atoms. The van der Waals surface area contributed by atoms with E-state index in [1.54, 1.807) is 19.9 Å². The van der Waals surface area contributed by atoms with Crippen molar-refractivity contribution in [2.75, 3.05) is 0 Å². The van der Waals surface area contributed by atoms with Crippen molar-refractivity contribution in [1.29, 1.82) is 0 Å². The first-order chi connectivity index (χ1) is 10.5. The highest BCUT2D eigenvalue weighted by Gasteiger charge is 2.16. The van der Waals surface area contributed by atoms with Crippen molar-refractivity contribution in [2.45, 2.75) is 20.0 Å². The summed E-state index contributed by atoms with van der Waals surface area (Å²) in [7, 11) is 0. The van der Waals surface area contributed by atoms with Gasteiger partial charge in [-0.05, 0) is 25.5 Å². The summed E-state index contributed by atoms with van der Waals surface area (Å²) in [5.41, 5.74) is 0.470. The molecule has 1 aromatic carbocycles. The van der Waals surface area contributed by atoms with E-state index in [9.17, 15) is 14.9 Å². The maximum absolute atomic E-state index is 11.7. The molecule has 0 spiro atoms. The SMILES string of the molecule is Cc1noc(C(C)OC(=O)/C=C/c2cccc([N+](=O)[O-])c2)n1. The molecule has 1 unspecified atom stereocenters. The first-order valence-corrected chi connectivity index (χ1v) is 6.39. The second-order valence-corrected chi connectivity index (χ2v) is 4.44. The zero-order valence-corrected chi connectivity index (χ0v) is 11.9. The summed E-state index contributed by atoms with van der Waals surface area (Å²) >= 11 is 0. The molecule has 0 aliphatic rings. The molecule has 0 radical (unpaired) electrons. The molecule has 2 aromatic rings. The third kappa shape index (κ3) is 3.98. The van der Waals surface area contributed by atoms with Crippen LogP contribution in [0, 0.1) is 17.0 Å².